The van der Waals surface area contributed by atoms with Crippen molar-refractivity contribution in [2.24, 2.45) is 0 Å². The summed E-state index contributed by atoms with van der Waals surface area (Å²) in [5.74, 6) is 2.74. The second kappa shape index (κ2) is 9.54. The molecule has 1 heterocycles. The summed E-state index contributed by atoms with van der Waals surface area (Å²) in [7, 11) is 1.63. The lowest BCUT2D eigenvalue weighted by Gasteiger charge is -2.11. The molecule has 0 saturated carbocycles. The maximum Gasteiger partial charge on any atom is 0.224 e. The van der Waals surface area contributed by atoms with Crippen molar-refractivity contribution >= 4 is 23.2 Å². The van der Waals surface area contributed by atoms with E-state index in [0.717, 1.165) is 22.9 Å². The van der Waals surface area contributed by atoms with Gasteiger partial charge in [0.15, 0.2) is 5.78 Å². The van der Waals surface area contributed by atoms with Gasteiger partial charge in [-0.15, -0.1) is 0 Å². The second-order valence-electron chi connectivity index (χ2n) is 6.43. The molecule has 0 aliphatic carbocycles. The van der Waals surface area contributed by atoms with Gasteiger partial charge in [0.25, 0.3) is 0 Å². The molecule has 7 nitrogen and oxygen atoms in total. The molecule has 0 amide bonds. The minimum atomic E-state index is 0.0201. The van der Waals surface area contributed by atoms with E-state index in [-0.39, 0.29) is 5.78 Å². The van der Waals surface area contributed by atoms with Gasteiger partial charge in [0.05, 0.1) is 13.7 Å². The zero-order valence-corrected chi connectivity index (χ0v) is 16.7. The number of benzene rings is 2. The minimum absolute atomic E-state index is 0.0201. The number of ether oxygens (including phenoxy) is 2. The Morgan fingerprint density at radius 2 is 1.79 bits per heavy atom. The third-order valence-corrected chi connectivity index (χ3v) is 4.11. The van der Waals surface area contributed by atoms with Crippen LogP contribution in [0.1, 0.15) is 23.0 Å². The number of aryl methyl sites for hydroxylation is 1. The van der Waals surface area contributed by atoms with E-state index in [1.165, 1.54) is 0 Å². The molecule has 1 aromatic heterocycles. The number of carbonyl (C=O) groups excluding carboxylic acids is 1. The zero-order valence-electron chi connectivity index (χ0n) is 16.7. The molecule has 0 spiro atoms. The number of nitrogens with zero attached hydrogens (tertiary/aromatic N) is 2. The van der Waals surface area contributed by atoms with E-state index in [1.807, 2.05) is 49.4 Å². The normalized spacial score (nSPS) is 10.3. The number of anilines is 3. The van der Waals surface area contributed by atoms with Crippen molar-refractivity contribution < 1.29 is 14.3 Å². The summed E-state index contributed by atoms with van der Waals surface area (Å²) in [6, 6.07) is 16.6. The van der Waals surface area contributed by atoms with Crippen molar-refractivity contribution in [3.63, 3.8) is 0 Å². The summed E-state index contributed by atoms with van der Waals surface area (Å²) >= 11 is 0. The Morgan fingerprint density at radius 3 is 2.52 bits per heavy atom. The van der Waals surface area contributed by atoms with Crippen molar-refractivity contribution in [2.45, 2.75) is 13.8 Å². The Morgan fingerprint density at radius 1 is 1.03 bits per heavy atom. The van der Waals surface area contributed by atoms with Crippen LogP contribution in [0, 0.1) is 6.92 Å². The van der Waals surface area contributed by atoms with Gasteiger partial charge in [-0.3, -0.25) is 4.79 Å². The summed E-state index contributed by atoms with van der Waals surface area (Å²) < 4.78 is 10.8. The first-order valence-corrected chi connectivity index (χ1v) is 9.28. The highest BCUT2D eigenvalue weighted by Gasteiger charge is 2.05. The number of ketones is 1. The first-order chi connectivity index (χ1) is 14.0. The first kappa shape index (κ1) is 20.1. The quantitative estimate of drug-likeness (QED) is 0.416. The van der Waals surface area contributed by atoms with E-state index >= 15 is 0 Å². The Kier molecular flexibility index (Phi) is 6.63. The molecule has 0 radical (unpaired) electrons. The number of rotatable bonds is 9. The van der Waals surface area contributed by atoms with Crippen LogP contribution in [0.4, 0.5) is 17.5 Å². The van der Waals surface area contributed by atoms with Crippen molar-refractivity contribution in [1.29, 1.82) is 0 Å². The van der Waals surface area contributed by atoms with Gasteiger partial charge in [0, 0.05) is 23.0 Å². The lowest BCUT2D eigenvalue weighted by atomic mass is 10.1. The highest BCUT2D eigenvalue weighted by molar-refractivity contribution is 5.95. The van der Waals surface area contributed by atoms with Gasteiger partial charge >= 0.3 is 0 Å². The van der Waals surface area contributed by atoms with Crippen LogP contribution in [-0.2, 0) is 0 Å². The molecule has 2 aromatic carbocycles. The fraction of sp³-hybridized carbons (Fsp3) is 0.227. The highest BCUT2D eigenvalue weighted by Crippen LogP contribution is 2.19. The number of nitrogens with one attached hydrogen (secondary N) is 2. The predicted octanol–water partition coefficient (Wildman–Crippen LogP) is 4.23. The summed E-state index contributed by atoms with van der Waals surface area (Å²) in [4.78, 5) is 20.4. The van der Waals surface area contributed by atoms with Crippen LogP contribution in [0.5, 0.6) is 11.5 Å². The van der Waals surface area contributed by atoms with E-state index in [9.17, 15) is 4.79 Å². The maximum absolute atomic E-state index is 11.6. The molecular formula is C22H24N4O3. The fourth-order valence-electron chi connectivity index (χ4n) is 2.68. The van der Waals surface area contributed by atoms with E-state index in [1.54, 1.807) is 26.2 Å². The number of hydrogen-bond acceptors (Lipinski definition) is 7. The van der Waals surface area contributed by atoms with Crippen LogP contribution in [0.15, 0.2) is 54.6 Å². The molecular weight excluding hydrogens is 368 g/mol. The van der Waals surface area contributed by atoms with Gasteiger partial charge in [-0.05, 0) is 50.2 Å². The van der Waals surface area contributed by atoms with Crippen LogP contribution in [-0.4, -0.2) is 36.0 Å². The molecule has 0 aliphatic rings. The highest BCUT2D eigenvalue weighted by atomic mass is 16.5. The smallest absolute Gasteiger partial charge is 0.224 e. The SMILES string of the molecule is COc1ccc(OCCNc2nc(C)cc(Nc3cccc(C(C)=O)c3)n2)cc1. The zero-order chi connectivity index (χ0) is 20.6. The molecule has 3 rings (SSSR count). The number of aromatic nitrogens is 2. The molecule has 0 fully saturated rings. The van der Waals surface area contributed by atoms with E-state index in [2.05, 4.69) is 20.6 Å². The Bertz CT molecular complexity index is 974. The van der Waals surface area contributed by atoms with Crippen molar-refractivity contribution in [3.05, 3.63) is 65.9 Å². The monoisotopic (exact) mass is 392 g/mol. The second-order valence-corrected chi connectivity index (χ2v) is 6.43. The summed E-state index contributed by atoms with van der Waals surface area (Å²) in [5.41, 5.74) is 2.27. The topological polar surface area (TPSA) is 85.4 Å². The third-order valence-electron chi connectivity index (χ3n) is 4.11. The van der Waals surface area contributed by atoms with Gasteiger partial charge in [-0.1, -0.05) is 12.1 Å². The molecule has 150 valence electrons. The predicted molar refractivity (Wildman–Crippen MR) is 113 cm³/mol. The molecule has 0 saturated heterocycles. The third kappa shape index (κ3) is 5.93. The summed E-state index contributed by atoms with van der Waals surface area (Å²) in [6.07, 6.45) is 0. The van der Waals surface area contributed by atoms with Crippen molar-refractivity contribution in [3.8, 4) is 11.5 Å². The van der Waals surface area contributed by atoms with E-state index in [4.69, 9.17) is 9.47 Å². The molecule has 0 atom stereocenters. The number of carbonyl (C=O) groups is 1. The average Bonchev–Trinajstić information content (AvgIpc) is 2.71. The van der Waals surface area contributed by atoms with Crippen LogP contribution in [0.25, 0.3) is 0 Å². The van der Waals surface area contributed by atoms with Gasteiger partial charge in [0.1, 0.15) is 23.9 Å². The molecule has 2 N–H and O–H groups in total. The first-order valence-electron chi connectivity index (χ1n) is 9.28. The Labute approximate surface area is 170 Å². The lowest BCUT2D eigenvalue weighted by Crippen LogP contribution is -2.14. The number of Topliss-reactive ketones (excluding diaryl/α,β-unsaturated/α-hetero) is 1. The van der Waals surface area contributed by atoms with Gasteiger partial charge in [0.2, 0.25) is 5.95 Å². The minimum Gasteiger partial charge on any atom is -0.497 e. The number of hydrogen-bond donors (Lipinski definition) is 2. The lowest BCUT2D eigenvalue weighted by molar-refractivity contribution is 0.101. The van der Waals surface area contributed by atoms with Crippen LogP contribution >= 0.6 is 0 Å². The number of methoxy groups -OCH3 is 1. The standard InChI is InChI=1S/C22H24N4O3/c1-15-13-21(25-18-6-4-5-17(14-18)16(2)27)26-22(24-15)23-11-12-29-20-9-7-19(28-3)8-10-20/h4-10,13-14H,11-12H2,1-3H3,(H2,23,24,25,26). The van der Waals surface area contributed by atoms with E-state index in [0.29, 0.717) is 30.5 Å². The van der Waals surface area contributed by atoms with Gasteiger partial charge in [-0.25, -0.2) is 4.98 Å². The molecule has 0 aliphatic heterocycles. The van der Waals surface area contributed by atoms with Crippen molar-refractivity contribution in [2.75, 3.05) is 30.9 Å². The Balaban J connectivity index is 1.57. The molecule has 7 heteroatoms. The molecule has 0 bridgehead atoms. The summed E-state index contributed by atoms with van der Waals surface area (Å²) in [5, 5.41) is 6.39. The van der Waals surface area contributed by atoms with Crippen LogP contribution in [0.2, 0.25) is 0 Å². The molecule has 0 unspecified atom stereocenters. The summed E-state index contributed by atoms with van der Waals surface area (Å²) in [6.45, 7) is 4.46. The largest absolute Gasteiger partial charge is 0.497 e. The molecule has 3 aromatic rings. The average molecular weight is 392 g/mol. The van der Waals surface area contributed by atoms with Crippen LogP contribution in [0.3, 0.4) is 0 Å². The molecule has 29 heavy (non-hydrogen) atoms. The fourth-order valence-corrected chi connectivity index (χ4v) is 2.68. The maximum atomic E-state index is 11.6. The van der Waals surface area contributed by atoms with E-state index < -0.39 is 0 Å². The van der Waals surface area contributed by atoms with Crippen molar-refractivity contribution in [1.82, 2.24) is 9.97 Å². The Hall–Kier alpha value is -3.61. The van der Waals surface area contributed by atoms with Crippen LogP contribution < -0.4 is 20.1 Å². The van der Waals surface area contributed by atoms with Gasteiger partial charge in [-0.2, -0.15) is 4.98 Å². The van der Waals surface area contributed by atoms with Gasteiger partial charge < -0.3 is 20.1 Å².